The largest absolute Gasteiger partial charge is 0.445 e. The summed E-state index contributed by atoms with van der Waals surface area (Å²) >= 11 is 0. The highest BCUT2D eigenvalue weighted by Gasteiger charge is 2.45. The van der Waals surface area contributed by atoms with Gasteiger partial charge < -0.3 is 53.0 Å². The van der Waals surface area contributed by atoms with E-state index >= 15 is 0 Å². The quantitative estimate of drug-likeness (QED) is 0.0752. The van der Waals surface area contributed by atoms with E-state index in [-0.39, 0.29) is 13.0 Å². The van der Waals surface area contributed by atoms with Crippen LogP contribution >= 0.6 is 0 Å². The van der Waals surface area contributed by atoms with Gasteiger partial charge in [-0.15, -0.1) is 0 Å². The lowest BCUT2D eigenvalue weighted by atomic mass is 9.94. The second-order valence-corrected chi connectivity index (χ2v) is 18.8. The van der Waals surface area contributed by atoms with Crippen LogP contribution in [0, 0.1) is 0 Å². The van der Waals surface area contributed by atoms with Crippen molar-refractivity contribution >= 4 is 53.4 Å². The predicted octanol–water partition coefficient (Wildman–Crippen LogP) is 1.22. The van der Waals surface area contributed by atoms with E-state index in [0.717, 1.165) is 5.56 Å². The molecule has 1 rings (SSSR count). The Morgan fingerprint density at radius 1 is 0.443 bits per heavy atom. The minimum Gasteiger partial charge on any atom is -0.445 e. The number of hydrogen-bond acceptors (Lipinski definition) is 10. The number of carbonyl (C=O) groups excluding carboxylic acids is 9. The van der Waals surface area contributed by atoms with Crippen molar-refractivity contribution in [1.29, 1.82) is 0 Å². The Hall–Kier alpha value is -5.75. The van der Waals surface area contributed by atoms with E-state index in [1.165, 1.54) is 96.9 Å². The first-order valence-corrected chi connectivity index (χ1v) is 20.1. The lowest BCUT2D eigenvalue weighted by Gasteiger charge is -2.37. The Morgan fingerprint density at radius 2 is 0.754 bits per heavy atom. The standard InChI is InChI=1S/C42H69N9O10/c1-36(2,28(53)44-24-20-16-19-23-27(43)52)45-29(54)37(3,4)46-30(55)38(5,6)47-31(56)39(7,8)48-32(57)40(9,10)49-33(58)41(11,12)50-34(59)42(13,14)51-35(60)61-25-26-21-17-15-18-22-26/h15,17-18,21-22H,16,19-20,23-25H2,1-14H3,(H2,43,52)(H,44,53)(H,45,54)(H,46,55)(H,47,56)(H,48,57)(H,49,58)(H,50,59)(H,51,60). The summed E-state index contributed by atoms with van der Waals surface area (Å²) in [5.74, 6) is -5.30. The number of primary amides is 1. The first-order chi connectivity index (χ1) is 27.6. The van der Waals surface area contributed by atoms with Gasteiger partial charge in [0, 0.05) is 13.0 Å². The summed E-state index contributed by atoms with van der Waals surface area (Å²) in [5, 5.41) is 20.8. The Balaban J connectivity index is 2.84. The average molecular weight is 860 g/mol. The third-order valence-electron chi connectivity index (χ3n) is 9.54. The summed E-state index contributed by atoms with van der Waals surface area (Å²) in [6.07, 6.45) is 1.29. The van der Waals surface area contributed by atoms with Crippen LogP contribution < -0.4 is 48.3 Å². The van der Waals surface area contributed by atoms with Gasteiger partial charge in [0.05, 0.1) is 0 Å². The Morgan fingerprint density at radius 3 is 1.08 bits per heavy atom. The Bertz CT molecular complexity index is 1800. The van der Waals surface area contributed by atoms with Crippen molar-refractivity contribution in [3.63, 3.8) is 0 Å². The topological polar surface area (TPSA) is 285 Å². The Labute approximate surface area is 359 Å². The summed E-state index contributed by atoms with van der Waals surface area (Å²) in [6.45, 7) is 20.2. The number of amides is 9. The monoisotopic (exact) mass is 860 g/mol. The normalized spacial score (nSPS) is 12.5. The van der Waals surface area contributed by atoms with E-state index in [0.29, 0.717) is 25.8 Å². The van der Waals surface area contributed by atoms with E-state index in [1.807, 2.05) is 6.07 Å². The summed E-state index contributed by atoms with van der Waals surface area (Å²) in [7, 11) is 0. The van der Waals surface area contributed by atoms with Crippen molar-refractivity contribution in [1.82, 2.24) is 42.5 Å². The van der Waals surface area contributed by atoms with Crippen molar-refractivity contribution in [2.45, 2.75) is 168 Å². The molecule has 0 bridgehead atoms. The lowest BCUT2D eigenvalue weighted by Crippen LogP contribution is -2.69. The highest BCUT2D eigenvalue weighted by molar-refractivity contribution is 6.02. The van der Waals surface area contributed by atoms with Crippen molar-refractivity contribution in [3.8, 4) is 0 Å². The minimum absolute atomic E-state index is 0.0205. The van der Waals surface area contributed by atoms with E-state index in [9.17, 15) is 43.2 Å². The second kappa shape index (κ2) is 20.7. The number of benzene rings is 1. The van der Waals surface area contributed by atoms with Gasteiger partial charge in [-0.1, -0.05) is 36.8 Å². The molecule has 0 saturated carbocycles. The average Bonchev–Trinajstić information content (AvgIpc) is 3.11. The number of carbonyl (C=O) groups is 9. The molecule has 0 unspecified atom stereocenters. The maximum atomic E-state index is 13.5. The SMILES string of the molecule is CC(C)(NC(=O)OCc1ccccc1)C(=O)NC(C)(C)C(=O)NC(C)(C)C(=O)NC(C)(C)C(=O)NC(C)(C)C(=O)NC(C)(C)C(=O)NC(C)(C)C(=O)NCCCCCC(N)=O. The van der Waals surface area contributed by atoms with Gasteiger partial charge in [-0.25, -0.2) is 4.79 Å². The van der Waals surface area contributed by atoms with Gasteiger partial charge in [0.1, 0.15) is 45.4 Å². The number of alkyl carbamates (subject to hydrolysis) is 1. The van der Waals surface area contributed by atoms with Crippen molar-refractivity contribution in [3.05, 3.63) is 35.9 Å². The molecule has 9 amide bonds. The molecule has 19 heteroatoms. The zero-order chi connectivity index (χ0) is 47.4. The molecule has 342 valence electrons. The third kappa shape index (κ3) is 17.0. The summed E-state index contributed by atoms with van der Waals surface area (Å²) in [6, 6.07) is 8.95. The molecule has 0 heterocycles. The highest BCUT2D eigenvalue weighted by Crippen LogP contribution is 2.17. The van der Waals surface area contributed by atoms with Crippen molar-refractivity contribution < 1.29 is 47.9 Å². The second-order valence-electron chi connectivity index (χ2n) is 18.8. The van der Waals surface area contributed by atoms with Crippen LogP contribution in [0.2, 0.25) is 0 Å². The van der Waals surface area contributed by atoms with Crippen LogP contribution in [-0.4, -0.2) is 98.7 Å². The van der Waals surface area contributed by atoms with Crippen LogP contribution in [0.3, 0.4) is 0 Å². The molecule has 0 aromatic heterocycles. The number of ether oxygens (including phenoxy) is 1. The molecule has 61 heavy (non-hydrogen) atoms. The molecule has 1 aromatic rings. The first kappa shape index (κ1) is 53.3. The van der Waals surface area contributed by atoms with Gasteiger partial charge in [-0.3, -0.25) is 38.4 Å². The molecule has 0 spiro atoms. The van der Waals surface area contributed by atoms with Gasteiger partial charge in [0.2, 0.25) is 47.3 Å². The van der Waals surface area contributed by atoms with E-state index < -0.39 is 92.1 Å². The van der Waals surface area contributed by atoms with Crippen molar-refractivity contribution in [2.24, 2.45) is 5.73 Å². The van der Waals surface area contributed by atoms with Gasteiger partial charge in [-0.2, -0.15) is 0 Å². The Kier molecular flexibility index (Phi) is 18.1. The molecule has 0 aliphatic rings. The minimum atomic E-state index is -1.64. The number of hydrogen-bond donors (Lipinski definition) is 9. The molecule has 0 aliphatic carbocycles. The molecule has 19 nitrogen and oxygen atoms in total. The fraction of sp³-hybridized carbons (Fsp3) is 0.643. The van der Waals surface area contributed by atoms with E-state index in [2.05, 4.69) is 42.5 Å². The molecular formula is C42H69N9O10. The summed E-state index contributed by atoms with van der Waals surface area (Å²) in [4.78, 5) is 117. The zero-order valence-electron chi connectivity index (χ0n) is 38.3. The van der Waals surface area contributed by atoms with Crippen LogP contribution in [0.25, 0.3) is 0 Å². The number of nitrogens with one attached hydrogen (secondary N) is 8. The molecule has 0 fully saturated rings. The van der Waals surface area contributed by atoms with Crippen LogP contribution in [-0.2, 0) is 49.7 Å². The van der Waals surface area contributed by atoms with Crippen molar-refractivity contribution in [2.75, 3.05) is 6.54 Å². The third-order valence-corrected chi connectivity index (χ3v) is 9.54. The molecule has 10 N–H and O–H groups in total. The smallest absolute Gasteiger partial charge is 0.408 e. The van der Waals surface area contributed by atoms with E-state index in [1.54, 1.807) is 24.3 Å². The maximum absolute atomic E-state index is 13.5. The molecule has 0 aliphatic heterocycles. The summed E-state index contributed by atoms with van der Waals surface area (Å²) < 4.78 is 5.21. The highest BCUT2D eigenvalue weighted by atomic mass is 16.5. The van der Waals surface area contributed by atoms with Crippen LogP contribution in [0.1, 0.15) is 128 Å². The fourth-order valence-corrected chi connectivity index (χ4v) is 5.08. The number of nitrogens with two attached hydrogens (primary N) is 1. The van der Waals surface area contributed by atoms with E-state index in [4.69, 9.17) is 10.5 Å². The number of unbranched alkanes of at least 4 members (excludes halogenated alkanes) is 2. The van der Waals surface area contributed by atoms with Gasteiger partial charge in [-0.05, 0) is 115 Å². The van der Waals surface area contributed by atoms with Gasteiger partial charge >= 0.3 is 6.09 Å². The summed E-state index contributed by atoms with van der Waals surface area (Å²) in [5.41, 5.74) is -5.01. The zero-order valence-corrected chi connectivity index (χ0v) is 38.3. The fourth-order valence-electron chi connectivity index (χ4n) is 5.08. The van der Waals surface area contributed by atoms with Crippen LogP contribution in [0.15, 0.2) is 30.3 Å². The molecule has 0 radical (unpaired) electrons. The molecule has 1 aromatic carbocycles. The van der Waals surface area contributed by atoms with Crippen LogP contribution in [0.5, 0.6) is 0 Å². The molecule has 0 atom stereocenters. The van der Waals surface area contributed by atoms with Gasteiger partial charge in [0.25, 0.3) is 0 Å². The molecule has 0 saturated heterocycles. The van der Waals surface area contributed by atoms with Gasteiger partial charge in [0.15, 0.2) is 0 Å². The predicted molar refractivity (Wildman–Crippen MR) is 228 cm³/mol. The maximum Gasteiger partial charge on any atom is 0.408 e. The number of rotatable bonds is 22. The first-order valence-electron chi connectivity index (χ1n) is 20.1. The van der Waals surface area contributed by atoms with Crippen LogP contribution in [0.4, 0.5) is 4.79 Å². The lowest BCUT2D eigenvalue weighted by molar-refractivity contribution is -0.142. The molecular weight excluding hydrogens is 791 g/mol.